The van der Waals surface area contributed by atoms with Gasteiger partial charge in [-0.15, -0.1) is 0 Å². The summed E-state index contributed by atoms with van der Waals surface area (Å²) in [7, 11) is 0. The lowest BCUT2D eigenvalue weighted by molar-refractivity contribution is 0.178. The predicted octanol–water partition coefficient (Wildman–Crippen LogP) is 4.54. The van der Waals surface area contributed by atoms with Crippen molar-refractivity contribution in [1.82, 2.24) is 0 Å². The van der Waals surface area contributed by atoms with Gasteiger partial charge in [0.2, 0.25) is 0 Å². The van der Waals surface area contributed by atoms with Crippen molar-refractivity contribution in [3.63, 3.8) is 0 Å². The number of hydrogen-bond donors (Lipinski definition) is 1. The molecule has 0 aliphatic rings. The monoisotopic (exact) mass is 304 g/mol. The van der Waals surface area contributed by atoms with Crippen LogP contribution in [0.15, 0.2) is 84.9 Å². The van der Waals surface area contributed by atoms with Gasteiger partial charge in [0.15, 0.2) is 0 Å². The van der Waals surface area contributed by atoms with Crippen molar-refractivity contribution in [2.24, 2.45) is 0 Å². The van der Waals surface area contributed by atoms with E-state index in [1.54, 1.807) is 0 Å². The second-order valence-electron chi connectivity index (χ2n) is 5.55. The van der Waals surface area contributed by atoms with Crippen molar-refractivity contribution in [1.29, 1.82) is 0 Å². The quantitative estimate of drug-likeness (QED) is 0.724. The van der Waals surface area contributed by atoms with Crippen LogP contribution in [0.4, 0.5) is 0 Å². The van der Waals surface area contributed by atoms with E-state index >= 15 is 0 Å². The minimum atomic E-state index is -0.479. The zero-order chi connectivity index (χ0) is 15.9. The molecule has 0 fully saturated rings. The fraction of sp³-hybridized carbons (Fsp3) is 0.143. The first-order valence-electron chi connectivity index (χ1n) is 7.80. The molecule has 0 aliphatic carbocycles. The lowest BCUT2D eigenvalue weighted by atomic mass is 10.0. The summed E-state index contributed by atoms with van der Waals surface area (Å²) in [6.45, 7) is 0.562. The molecule has 116 valence electrons. The number of hydrogen-bond acceptors (Lipinski definition) is 2. The van der Waals surface area contributed by atoms with E-state index in [0.717, 1.165) is 22.4 Å². The molecule has 1 unspecified atom stereocenters. The Kier molecular flexibility index (Phi) is 5.07. The highest BCUT2D eigenvalue weighted by Gasteiger charge is 2.08. The van der Waals surface area contributed by atoms with Crippen molar-refractivity contribution < 1.29 is 9.84 Å². The second kappa shape index (κ2) is 7.61. The Hall–Kier alpha value is -2.58. The molecule has 1 atom stereocenters. The smallest absolute Gasteiger partial charge is 0.119 e. The number of aliphatic hydroxyl groups is 1. The molecule has 23 heavy (non-hydrogen) atoms. The van der Waals surface area contributed by atoms with Gasteiger partial charge in [-0.05, 0) is 28.8 Å². The second-order valence-corrected chi connectivity index (χ2v) is 5.55. The Morgan fingerprint density at radius 2 is 1.30 bits per heavy atom. The molecular weight excluding hydrogens is 284 g/mol. The van der Waals surface area contributed by atoms with Crippen LogP contribution in [0.2, 0.25) is 0 Å². The predicted molar refractivity (Wildman–Crippen MR) is 92.3 cm³/mol. The molecule has 3 aromatic carbocycles. The van der Waals surface area contributed by atoms with E-state index in [2.05, 4.69) is 0 Å². The molecule has 3 aromatic rings. The third kappa shape index (κ3) is 4.44. The van der Waals surface area contributed by atoms with E-state index in [9.17, 15) is 5.11 Å². The molecule has 2 nitrogen and oxygen atoms in total. The van der Waals surface area contributed by atoms with E-state index in [1.165, 1.54) is 0 Å². The molecule has 0 spiro atoms. The van der Waals surface area contributed by atoms with Gasteiger partial charge in [-0.2, -0.15) is 0 Å². The van der Waals surface area contributed by atoms with E-state index in [0.29, 0.717) is 13.0 Å². The van der Waals surface area contributed by atoms with Crippen LogP contribution >= 0.6 is 0 Å². The van der Waals surface area contributed by atoms with Crippen LogP contribution in [0.25, 0.3) is 0 Å². The number of ether oxygens (including phenoxy) is 1. The SMILES string of the molecule is OC(Cc1ccc(OCc2ccccc2)cc1)c1ccccc1. The molecule has 0 aliphatic heterocycles. The van der Waals surface area contributed by atoms with E-state index in [-0.39, 0.29) is 0 Å². The maximum absolute atomic E-state index is 10.3. The van der Waals surface area contributed by atoms with Crippen molar-refractivity contribution in [2.75, 3.05) is 0 Å². The molecule has 0 radical (unpaired) electrons. The Morgan fingerprint density at radius 1 is 0.696 bits per heavy atom. The standard InChI is InChI=1S/C21H20O2/c22-21(19-9-5-2-6-10-19)15-17-11-13-20(14-12-17)23-16-18-7-3-1-4-8-18/h1-14,21-22H,15-16H2. The highest BCUT2D eigenvalue weighted by Crippen LogP contribution is 2.20. The summed E-state index contributed by atoms with van der Waals surface area (Å²) >= 11 is 0. The average molecular weight is 304 g/mol. The van der Waals surface area contributed by atoms with Gasteiger partial charge in [0, 0.05) is 6.42 Å². The molecule has 0 saturated heterocycles. The molecular formula is C21H20O2. The molecule has 0 heterocycles. The topological polar surface area (TPSA) is 29.5 Å². The molecule has 0 saturated carbocycles. The van der Waals surface area contributed by atoms with Crippen LogP contribution in [0, 0.1) is 0 Å². The van der Waals surface area contributed by atoms with Gasteiger partial charge in [0.25, 0.3) is 0 Å². The summed E-state index contributed by atoms with van der Waals surface area (Å²) in [5.74, 6) is 0.840. The number of benzene rings is 3. The molecule has 0 bridgehead atoms. The molecule has 3 rings (SSSR count). The number of aliphatic hydroxyl groups excluding tert-OH is 1. The van der Waals surface area contributed by atoms with E-state index < -0.39 is 6.10 Å². The Morgan fingerprint density at radius 3 is 1.96 bits per heavy atom. The van der Waals surface area contributed by atoms with Gasteiger partial charge in [-0.3, -0.25) is 0 Å². The van der Waals surface area contributed by atoms with Crippen LogP contribution in [-0.2, 0) is 13.0 Å². The molecule has 2 heteroatoms. The minimum Gasteiger partial charge on any atom is -0.489 e. The maximum atomic E-state index is 10.3. The summed E-state index contributed by atoms with van der Waals surface area (Å²) in [6, 6.07) is 27.8. The van der Waals surface area contributed by atoms with E-state index in [1.807, 2.05) is 84.9 Å². The summed E-state index contributed by atoms with van der Waals surface area (Å²) in [6.07, 6.45) is 0.121. The third-order valence-electron chi connectivity index (χ3n) is 3.79. The van der Waals surface area contributed by atoms with Gasteiger partial charge in [0.05, 0.1) is 6.10 Å². The normalized spacial score (nSPS) is 11.9. The largest absolute Gasteiger partial charge is 0.489 e. The highest BCUT2D eigenvalue weighted by molar-refractivity contribution is 5.29. The molecule has 0 aromatic heterocycles. The third-order valence-corrected chi connectivity index (χ3v) is 3.79. The highest BCUT2D eigenvalue weighted by atomic mass is 16.5. The van der Waals surface area contributed by atoms with Crippen LogP contribution in [0.3, 0.4) is 0 Å². The van der Waals surface area contributed by atoms with Crippen molar-refractivity contribution in [3.8, 4) is 5.75 Å². The fourth-order valence-corrected chi connectivity index (χ4v) is 2.48. The lowest BCUT2D eigenvalue weighted by Crippen LogP contribution is -2.01. The van der Waals surface area contributed by atoms with Crippen LogP contribution in [0.1, 0.15) is 22.8 Å². The Balaban J connectivity index is 1.57. The Labute approximate surface area is 137 Å². The first-order valence-corrected chi connectivity index (χ1v) is 7.80. The lowest BCUT2D eigenvalue weighted by Gasteiger charge is -2.12. The molecule has 1 N–H and O–H groups in total. The van der Waals surface area contributed by atoms with Crippen LogP contribution in [0.5, 0.6) is 5.75 Å². The zero-order valence-corrected chi connectivity index (χ0v) is 12.9. The van der Waals surface area contributed by atoms with E-state index in [4.69, 9.17) is 4.74 Å². The molecule has 0 amide bonds. The summed E-state index contributed by atoms with van der Waals surface area (Å²) in [5.41, 5.74) is 3.18. The van der Waals surface area contributed by atoms with Gasteiger partial charge in [0.1, 0.15) is 12.4 Å². The Bertz CT molecular complexity index is 706. The minimum absolute atomic E-state index is 0.479. The van der Waals surface area contributed by atoms with Gasteiger partial charge >= 0.3 is 0 Å². The zero-order valence-electron chi connectivity index (χ0n) is 12.9. The summed E-state index contributed by atoms with van der Waals surface area (Å²) in [4.78, 5) is 0. The van der Waals surface area contributed by atoms with Gasteiger partial charge in [-0.25, -0.2) is 0 Å². The van der Waals surface area contributed by atoms with Crippen molar-refractivity contribution >= 4 is 0 Å². The maximum Gasteiger partial charge on any atom is 0.119 e. The first kappa shape index (κ1) is 15.3. The van der Waals surface area contributed by atoms with Crippen molar-refractivity contribution in [2.45, 2.75) is 19.1 Å². The van der Waals surface area contributed by atoms with Crippen molar-refractivity contribution in [3.05, 3.63) is 102 Å². The van der Waals surface area contributed by atoms with Gasteiger partial charge in [-0.1, -0.05) is 72.8 Å². The van der Waals surface area contributed by atoms with Crippen LogP contribution < -0.4 is 4.74 Å². The van der Waals surface area contributed by atoms with Crippen LogP contribution in [-0.4, -0.2) is 5.11 Å². The summed E-state index contributed by atoms with van der Waals surface area (Å²) < 4.78 is 5.77. The fourth-order valence-electron chi connectivity index (χ4n) is 2.48. The first-order chi connectivity index (χ1) is 11.3. The average Bonchev–Trinajstić information content (AvgIpc) is 2.63. The van der Waals surface area contributed by atoms with Gasteiger partial charge < -0.3 is 9.84 Å². The summed E-state index contributed by atoms with van der Waals surface area (Å²) in [5, 5.41) is 10.3. The number of rotatable bonds is 6.